The summed E-state index contributed by atoms with van der Waals surface area (Å²) in [6.45, 7) is 3.59. The van der Waals surface area contributed by atoms with E-state index in [1.807, 2.05) is 19.2 Å². The molecular formula is C15H16N4. The third-order valence-corrected chi connectivity index (χ3v) is 3.26. The predicted molar refractivity (Wildman–Crippen MR) is 75.6 cm³/mol. The number of aryl methyl sites for hydroxylation is 1. The number of hydrogen-bond acceptors (Lipinski definition) is 3. The van der Waals surface area contributed by atoms with E-state index in [1.165, 1.54) is 10.9 Å². The summed E-state index contributed by atoms with van der Waals surface area (Å²) in [5.74, 6) is 0. The normalized spacial score (nSPS) is 11.0. The minimum Gasteiger partial charge on any atom is -0.348 e. The highest BCUT2D eigenvalue weighted by molar-refractivity contribution is 5.81. The molecule has 4 nitrogen and oxygen atoms in total. The van der Waals surface area contributed by atoms with Crippen molar-refractivity contribution in [3.05, 3.63) is 59.8 Å². The van der Waals surface area contributed by atoms with Crippen molar-refractivity contribution in [3.63, 3.8) is 0 Å². The lowest BCUT2D eigenvalue weighted by molar-refractivity contribution is 0.681. The number of pyridine rings is 1. The van der Waals surface area contributed by atoms with Crippen LogP contribution >= 0.6 is 0 Å². The maximum atomic E-state index is 4.45. The van der Waals surface area contributed by atoms with Gasteiger partial charge in [0, 0.05) is 30.4 Å². The van der Waals surface area contributed by atoms with Crippen molar-refractivity contribution in [2.45, 2.75) is 20.0 Å². The van der Waals surface area contributed by atoms with Gasteiger partial charge in [-0.15, -0.1) is 0 Å². The molecule has 0 amide bonds. The van der Waals surface area contributed by atoms with E-state index in [4.69, 9.17) is 0 Å². The molecule has 0 bridgehead atoms. The number of hydrogen-bond donors (Lipinski definition) is 2. The van der Waals surface area contributed by atoms with Gasteiger partial charge >= 0.3 is 0 Å². The molecule has 0 fully saturated rings. The molecule has 0 unspecified atom stereocenters. The van der Waals surface area contributed by atoms with E-state index in [-0.39, 0.29) is 0 Å². The number of H-pyrrole nitrogens is 1. The van der Waals surface area contributed by atoms with Gasteiger partial charge in [0.05, 0.1) is 17.5 Å². The maximum absolute atomic E-state index is 4.45. The zero-order valence-corrected chi connectivity index (χ0v) is 10.9. The van der Waals surface area contributed by atoms with Crippen LogP contribution in [-0.2, 0) is 13.1 Å². The summed E-state index contributed by atoms with van der Waals surface area (Å²) in [4.78, 5) is 11.8. The fraction of sp³-hybridized carbons (Fsp3) is 0.200. The van der Waals surface area contributed by atoms with Gasteiger partial charge in [0.25, 0.3) is 0 Å². The van der Waals surface area contributed by atoms with Gasteiger partial charge in [0.1, 0.15) is 0 Å². The molecule has 0 aliphatic rings. The van der Waals surface area contributed by atoms with Crippen LogP contribution in [0.4, 0.5) is 0 Å². The number of rotatable bonds is 4. The maximum Gasteiger partial charge on any atom is 0.0925 e. The lowest BCUT2D eigenvalue weighted by atomic mass is 10.1. The Labute approximate surface area is 111 Å². The minimum absolute atomic E-state index is 0.762. The first-order valence-electron chi connectivity index (χ1n) is 6.37. The Balaban J connectivity index is 1.74. The van der Waals surface area contributed by atoms with Crippen LogP contribution in [0.3, 0.4) is 0 Å². The summed E-state index contributed by atoms with van der Waals surface area (Å²) in [7, 11) is 0. The monoisotopic (exact) mass is 252 g/mol. The molecule has 3 rings (SSSR count). The van der Waals surface area contributed by atoms with Crippen molar-refractivity contribution >= 4 is 10.9 Å². The molecule has 0 aliphatic carbocycles. The minimum atomic E-state index is 0.762. The number of nitrogens with zero attached hydrogens (tertiary/aromatic N) is 2. The zero-order valence-electron chi connectivity index (χ0n) is 10.9. The second kappa shape index (κ2) is 5.20. The fourth-order valence-corrected chi connectivity index (χ4v) is 2.19. The van der Waals surface area contributed by atoms with Gasteiger partial charge < -0.3 is 10.3 Å². The van der Waals surface area contributed by atoms with Crippen LogP contribution in [0.5, 0.6) is 0 Å². The largest absolute Gasteiger partial charge is 0.348 e. The molecule has 0 radical (unpaired) electrons. The lowest BCUT2D eigenvalue weighted by Gasteiger charge is -2.07. The van der Waals surface area contributed by atoms with Crippen LogP contribution in [0.15, 0.2) is 42.9 Å². The van der Waals surface area contributed by atoms with Crippen molar-refractivity contribution in [1.82, 2.24) is 20.3 Å². The van der Waals surface area contributed by atoms with E-state index >= 15 is 0 Å². The first-order chi connectivity index (χ1) is 9.34. The number of aromatic nitrogens is 3. The number of para-hydroxylation sites is 1. The molecule has 2 N–H and O–H groups in total. The lowest BCUT2D eigenvalue weighted by Crippen LogP contribution is -2.14. The Morgan fingerprint density at radius 2 is 2.00 bits per heavy atom. The number of nitrogens with one attached hydrogen (secondary N) is 2. The third kappa shape index (κ3) is 2.48. The summed E-state index contributed by atoms with van der Waals surface area (Å²) < 4.78 is 0. The molecule has 2 heterocycles. The number of benzene rings is 1. The SMILES string of the molecule is Cc1[nH]cnc1CNCc1cccc2cccnc12. The molecule has 3 aromatic rings. The van der Waals surface area contributed by atoms with Crippen LogP contribution in [-0.4, -0.2) is 15.0 Å². The van der Waals surface area contributed by atoms with Gasteiger partial charge in [-0.2, -0.15) is 0 Å². The Morgan fingerprint density at radius 3 is 2.84 bits per heavy atom. The Bertz CT molecular complexity index is 682. The van der Waals surface area contributed by atoms with E-state index in [0.717, 1.165) is 30.0 Å². The van der Waals surface area contributed by atoms with Crippen LogP contribution in [0.2, 0.25) is 0 Å². The Hall–Kier alpha value is -2.20. The van der Waals surface area contributed by atoms with Crippen molar-refractivity contribution in [3.8, 4) is 0 Å². The summed E-state index contributed by atoms with van der Waals surface area (Å²) in [5, 5.41) is 4.59. The van der Waals surface area contributed by atoms with E-state index in [1.54, 1.807) is 6.33 Å². The molecule has 2 aromatic heterocycles. The molecule has 0 saturated heterocycles. The highest BCUT2D eigenvalue weighted by atomic mass is 14.9. The smallest absolute Gasteiger partial charge is 0.0925 e. The molecule has 96 valence electrons. The third-order valence-electron chi connectivity index (χ3n) is 3.26. The fourth-order valence-electron chi connectivity index (χ4n) is 2.19. The van der Waals surface area contributed by atoms with Crippen molar-refractivity contribution < 1.29 is 0 Å². The molecule has 0 saturated carbocycles. The Kier molecular flexibility index (Phi) is 3.25. The van der Waals surface area contributed by atoms with Crippen LogP contribution in [0.1, 0.15) is 17.0 Å². The highest BCUT2D eigenvalue weighted by Gasteiger charge is 2.03. The average molecular weight is 252 g/mol. The number of imidazole rings is 1. The molecule has 0 spiro atoms. The Morgan fingerprint density at radius 1 is 1.11 bits per heavy atom. The second-order valence-corrected chi connectivity index (χ2v) is 4.57. The predicted octanol–water partition coefficient (Wildman–Crippen LogP) is 2.56. The highest BCUT2D eigenvalue weighted by Crippen LogP contribution is 2.15. The zero-order chi connectivity index (χ0) is 13.1. The van der Waals surface area contributed by atoms with E-state index in [0.29, 0.717) is 0 Å². The van der Waals surface area contributed by atoms with Gasteiger partial charge in [-0.25, -0.2) is 4.98 Å². The van der Waals surface area contributed by atoms with Crippen LogP contribution < -0.4 is 5.32 Å². The first-order valence-corrected chi connectivity index (χ1v) is 6.37. The van der Waals surface area contributed by atoms with Crippen molar-refractivity contribution in [1.29, 1.82) is 0 Å². The topological polar surface area (TPSA) is 53.6 Å². The quantitative estimate of drug-likeness (QED) is 0.750. The van der Waals surface area contributed by atoms with Gasteiger partial charge in [-0.05, 0) is 18.6 Å². The van der Waals surface area contributed by atoms with E-state index < -0.39 is 0 Å². The van der Waals surface area contributed by atoms with E-state index in [9.17, 15) is 0 Å². The summed E-state index contributed by atoms with van der Waals surface area (Å²) in [5.41, 5.74) is 4.46. The summed E-state index contributed by atoms with van der Waals surface area (Å²) in [6, 6.07) is 10.3. The molecular weight excluding hydrogens is 236 g/mol. The second-order valence-electron chi connectivity index (χ2n) is 4.57. The van der Waals surface area contributed by atoms with Gasteiger partial charge in [0.2, 0.25) is 0 Å². The molecule has 0 atom stereocenters. The standard InChI is InChI=1S/C15H16N4/c1-11-14(19-10-18-11)9-16-8-13-5-2-4-12-6-3-7-17-15(12)13/h2-7,10,16H,8-9H2,1H3,(H,18,19). The van der Waals surface area contributed by atoms with Gasteiger partial charge in [-0.1, -0.05) is 24.3 Å². The average Bonchev–Trinajstić information content (AvgIpc) is 2.85. The molecule has 4 heteroatoms. The summed E-state index contributed by atoms with van der Waals surface area (Å²) >= 11 is 0. The summed E-state index contributed by atoms with van der Waals surface area (Å²) in [6.07, 6.45) is 3.56. The molecule has 19 heavy (non-hydrogen) atoms. The first kappa shape index (κ1) is 11.9. The van der Waals surface area contributed by atoms with Crippen molar-refractivity contribution in [2.24, 2.45) is 0 Å². The molecule has 1 aromatic carbocycles. The van der Waals surface area contributed by atoms with Gasteiger partial charge in [0.15, 0.2) is 0 Å². The van der Waals surface area contributed by atoms with Gasteiger partial charge in [-0.3, -0.25) is 4.98 Å². The van der Waals surface area contributed by atoms with Crippen molar-refractivity contribution in [2.75, 3.05) is 0 Å². The van der Waals surface area contributed by atoms with Crippen LogP contribution in [0.25, 0.3) is 10.9 Å². The van der Waals surface area contributed by atoms with E-state index in [2.05, 4.69) is 44.5 Å². The number of aromatic amines is 1. The van der Waals surface area contributed by atoms with Crippen LogP contribution in [0, 0.1) is 6.92 Å². The molecule has 0 aliphatic heterocycles. The number of fused-ring (bicyclic) bond motifs is 1.